The van der Waals surface area contributed by atoms with Crippen molar-refractivity contribution in [2.24, 2.45) is 5.73 Å². The molecule has 1 aromatic rings. The Balaban J connectivity index is 1.88. The van der Waals surface area contributed by atoms with Crippen molar-refractivity contribution in [1.29, 1.82) is 0 Å². The fourth-order valence-corrected chi connectivity index (χ4v) is 3.33. The van der Waals surface area contributed by atoms with Crippen LogP contribution in [-0.2, 0) is 25.6 Å². The van der Waals surface area contributed by atoms with Crippen LogP contribution in [0.25, 0.3) is 0 Å². The number of aliphatic hydroxyl groups is 1. The fraction of sp³-hybridized carbons (Fsp3) is 0.500. The molecule has 10 nitrogen and oxygen atoms in total. The molecule has 4 atom stereocenters. The summed E-state index contributed by atoms with van der Waals surface area (Å²) in [5.74, 6) is -2.96. The minimum absolute atomic E-state index is 0.315. The maximum atomic E-state index is 12.5. The molecule has 1 saturated heterocycles. The summed E-state index contributed by atoms with van der Waals surface area (Å²) in [6.45, 7) is 1.25. The van der Waals surface area contributed by atoms with Crippen molar-refractivity contribution in [3.05, 3.63) is 35.9 Å². The van der Waals surface area contributed by atoms with Gasteiger partial charge in [0.05, 0.1) is 18.7 Å². The van der Waals surface area contributed by atoms with Gasteiger partial charge in [-0.25, -0.2) is 4.79 Å². The van der Waals surface area contributed by atoms with Crippen LogP contribution in [0.15, 0.2) is 30.3 Å². The van der Waals surface area contributed by atoms with Gasteiger partial charge in [-0.05, 0) is 31.7 Å². The van der Waals surface area contributed by atoms with E-state index in [1.54, 1.807) is 0 Å². The first-order valence-electron chi connectivity index (χ1n) is 9.78. The van der Waals surface area contributed by atoms with E-state index in [0.717, 1.165) is 5.56 Å². The van der Waals surface area contributed by atoms with E-state index in [0.29, 0.717) is 25.8 Å². The largest absolute Gasteiger partial charge is 0.480 e. The Hall–Kier alpha value is -2.98. The molecular weight excluding hydrogens is 392 g/mol. The minimum Gasteiger partial charge on any atom is -0.480 e. The van der Waals surface area contributed by atoms with E-state index in [4.69, 9.17) is 10.8 Å². The van der Waals surface area contributed by atoms with Gasteiger partial charge in [0.2, 0.25) is 17.7 Å². The van der Waals surface area contributed by atoms with E-state index in [1.165, 1.54) is 11.8 Å². The zero-order valence-electron chi connectivity index (χ0n) is 16.8. The topological polar surface area (TPSA) is 162 Å². The van der Waals surface area contributed by atoms with E-state index in [2.05, 4.69) is 10.6 Å². The van der Waals surface area contributed by atoms with Gasteiger partial charge in [0, 0.05) is 6.54 Å². The van der Waals surface area contributed by atoms with Gasteiger partial charge < -0.3 is 31.5 Å². The highest BCUT2D eigenvalue weighted by atomic mass is 16.4. The molecule has 10 heteroatoms. The van der Waals surface area contributed by atoms with Crippen molar-refractivity contribution in [3.63, 3.8) is 0 Å². The Morgan fingerprint density at radius 1 is 1.23 bits per heavy atom. The Kier molecular flexibility index (Phi) is 8.31. The zero-order valence-corrected chi connectivity index (χ0v) is 16.8. The van der Waals surface area contributed by atoms with Gasteiger partial charge in [0.25, 0.3) is 0 Å². The average Bonchev–Trinajstić information content (AvgIpc) is 3.20. The highest BCUT2D eigenvalue weighted by Crippen LogP contribution is 2.18. The number of likely N-dealkylation sites (tertiary alicyclic amines) is 1. The zero-order chi connectivity index (χ0) is 22.3. The number of carbonyl (C=O) groups is 4. The molecule has 30 heavy (non-hydrogen) atoms. The standard InChI is InChI=1S/C20H28N4O6/c1-12(25)17(20(29)30)23-19(28)15-8-5-9-24(15)16(26)11-22-18(27)14(21)10-13-6-3-2-4-7-13/h2-4,6-7,12,14-15,17,25H,5,8-11,21H2,1H3,(H,22,27)(H,23,28)(H,29,30). The number of hydrogen-bond acceptors (Lipinski definition) is 6. The Morgan fingerprint density at radius 3 is 2.50 bits per heavy atom. The summed E-state index contributed by atoms with van der Waals surface area (Å²) in [7, 11) is 0. The third-order valence-corrected chi connectivity index (χ3v) is 4.97. The Labute approximate surface area is 174 Å². The number of aliphatic carboxylic acids is 1. The van der Waals surface area contributed by atoms with Crippen LogP contribution >= 0.6 is 0 Å². The van der Waals surface area contributed by atoms with Crippen molar-refractivity contribution in [3.8, 4) is 0 Å². The van der Waals surface area contributed by atoms with Gasteiger partial charge in [0.15, 0.2) is 6.04 Å². The fourth-order valence-electron chi connectivity index (χ4n) is 3.33. The SMILES string of the molecule is CC(O)C(NC(=O)C1CCCN1C(=O)CNC(=O)C(N)Cc1ccccc1)C(=O)O. The van der Waals surface area contributed by atoms with Crippen molar-refractivity contribution in [2.75, 3.05) is 13.1 Å². The molecular formula is C20H28N4O6. The number of carbonyl (C=O) groups excluding carboxylic acids is 3. The monoisotopic (exact) mass is 420 g/mol. The molecule has 0 aromatic heterocycles. The van der Waals surface area contributed by atoms with Crippen molar-refractivity contribution < 1.29 is 29.4 Å². The highest BCUT2D eigenvalue weighted by molar-refractivity contribution is 5.93. The Morgan fingerprint density at radius 2 is 1.90 bits per heavy atom. The maximum Gasteiger partial charge on any atom is 0.328 e. The summed E-state index contributed by atoms with van der Waals surface area (Å²) >= 11 is 0. The lowest BCUT2D eigenvalue weighted by Crippen LogP contribution is -2.55. The number of carboxylic acids is 1. The number of amides is 3. The molecule has 6 N–H and O–H groups in total. The van der Waals surface area contributed by atoms with Gasteiger partial charge in [0.1, 0.15) is 6.04 Å². The average molecular weight is 420 g/mol. The lowest BCUT2D eigenvalue weighted by atomic mass is 10.1. The number of aliphatic hydroxyl groups excluding tert-OH is 1. The number of carboxylic acid groups (broad SMARTS) is 1. The molecule has 0 saturated carbocycles. The van der Waals surface area contributed by atoms with Crippen molar-refractivity contribution in [1.82, 2.24) is 15.5 Å². The molecule has 0 spiro atoms. The molecule has 4 unspecified atom stereocenters. The Bertz CT molecular complexity index is 770. The third-order valence-electron chi connectivity index (χ3n) is 4.97. The second-order valence-corrected chi connectivity index (χ2v) is 7.32. The minimum atomic E-state index is -1.47. The van der Waals surface area contributed by atoms with Crippen molar-refractivity contribution >= 4 is 23.7 Å². The van der Waals surface area contributed by atoms with Crippen molar-refractivity contribution in [2.45, 2.75) is 50.4 Å². The maximum absolute atomic E-state index is 12.5. The van der Waals surface area contributed by atoms with E-state index in [9.17, 15) is 24.3 Å². The molecule has 1 aromatic carbocycles. The molecule has 1 fully saturated rings. The normalized spacial score (nSPS) is 18.9. The first-order chi connectivity index (χ1) is 14.2. The van der Waals surface area contributed by atoms with Crippen LogP contribution in [0, 0.1) is 0 Å². The van der Waals surface area contributed by atoms with Gasteiger partial charge in [-0.3, -0.25) is 14.4 Å². The van der Waals surface area contributed by atoms with Crippen LogP contribution in [-0.4, -0.2) is 76.1 Å². The first kappa shape index (κ1) is 23.3. The summed E-state index contributed by atoms with van der Waals surface area (Å²) in [6, 6.07) is 6.10. The highest BCUT2D eigenvalue weighted by Gasteiger charge is 2.36. The molecule has 0 bridgehead atoms. The van der Waals surface area contributed by atoms with E-state index in [-0.39, 0.29) is 6.54 Å². The predicted octanol–water partition coefficient (Wildman–Crippen LogP) is -1.39. The number of benzene rings is 1. The molecule has 0 aliphatic carbocycles. The van der Waals surface area contributed by atoms with Crippen LogP contribution in [0.4, 0.5) is 0 Å². The molecule has 1 aliphatic heterocycles. The van der Waals surface area contributed by atoms with Gasteiger partial charge >= 0.3 is 5.97 Å². The second kappa shape index (κ2) is 10.7. The summed E-state index contributed by atoms with van der Waals surface area (Å²) in [6.07, 6.45) is -0.0311. The van der Waals surface area contributed by atoms with Gasteiger partial charge in [-0.1, -0.05) is 30.3 Å². The molecule has 1 aliphatic rings. The van der Waals surface area contributed by atoms with E-state index >= 15 is 0 Å². The quantitative estimate of drug-likeness (QED) is 0.329. The lowest BCUT2D eigenvalue weighted by Gasteiger charge is -2.26. The van der Waals surface area contributed by atoms with Crippen LogP contribution in [0.1, 0.15) is 25.3 Å². The number of nitrogens with one attached hydrogen (secondary N) is 2. The molecule has 164 valence electrons. The molecule has 3 amide bonds. The summed E-state index contributed by atoms with van der Waals surface area (Å²) in [4.78, 5) is 49.6. The number of nitrogens with zero attached hydrogens (tertiary/aromatic N) is 1. The summed E-state index contributed by atoms with van der Waals surface area (Å²) in [5, 5.41) is 23.4. The number of hydrogen-bond donors (Lipinski definition) is 5. The lowest BCUT2D eigenvalue weighted by molar-refractivity contribution is -0.146. The number of nitrogens with two attached hydrogens (primary N) is 1. The van der Waals surface area contributed by atoms with Gasteiger partial charge in [-0.2, -0.15) is 0 Å². The van der Waals surface area contributed by atoms with Crippen LogP contribution in [0.2, 0.25) is 0 Å². The molecule has 1 heterocycles. The van der Waals surface area contributed by atoms with Gasteiger partial charge in [-0.15, -0.1) is 0 Å². The second-order valence-electron chi connectivity index (χ2n) is 7.32. The first-order valence-corrected chi connectivity index (χ1v) is 9.78. The van der Waals surface area contributed by atoms with Crippen LogP contribution < -0.4 is 16.4 Å². The smallest absolute Gasteiger partial charge is 0.328 e. The molecule has 2 rings (SSSR count). The third kappa shape index (κ3) is 6.26. The van der Waals surface area contributed by atoms with Crippen LogP contribution in [0.3, 0.4) is 0 Å². The summed E-state index contributed by atoms with van der Waals surface area (Å²) < 4.78 is 0. The van der Waals surface area contributed by atoms with E-state index in [1.807, 2.05) is 30.3 Å². The predicted molar refractivity (Wildman–Crippen MR) is 107 cm³/mol. The van der Waals surface area contributed by atoms with E-state index < -0.39 is 47.9 Å². The van der Waals surface area contributed by atoms with Crippen LogP contribution in [0.5, 0.6) is 0 Å². The summed E-state index contributed by atoms with van der Waals surface area (Å²) in [5.41, 5.74) is 6.79. The molecule has 0 radical (unpaired) electrons. The number of rotatable bonds is 9.